The molecule has 0 fully saturated rings. The van der Waals surface area contributed by atoms with Crippen LogP contribution in [0.5, 0.6) is 5.75 Å². The summed E-state index contributed by atoms with van der Waals surface area (Å²) in [4.78, 5) is 0. The molecule has 1 unspecified atom stereocenters. The quantitative estimate of drug-likeness (QED) is 0.791. The molecule has 0 aliphatic carbocycles. The second-order valence-electron chi connectivity index (χ2n) is 5.69. The van der Waals surface area contributed by atoms with Crippen molar-refractivity contribution in [1.82, 2.24) is 15.1 Å². The minimum atomic E-state index is -3.27. The minimum absolute atomic E-state index is 0.388. The fourth-order valence-corrected chi connectivity index (χ4v) is 2.93. The number of hydrogen-bond donors (Lipinski definition) is 1. The van der Waals surface area contributed by atoms with Gasteiger partial charge < -0.3 is 10.1 Å². The van der Waals surface area contributed by atoms with Gasteiger partial charge in [-0.3, -0.25) is 4.68 Å². The molecule has 7 heteroatoms. The molecule has 0 aliphatic rings. The van der Waals surface area contributed by atoms with Crippen LogP contribution in [0.2, 0.25) is 0 Å². The summed E-state index contributed by atoms with van der Waals surface area (Å²) in [6, 6.07) is -0.388. The van der Waals surface area contributed by atoms with Gasteiger partial charge in [0.25, 0.3) is 0 Å². The topological polar surface area (TPSA) is 73.2 Å². The Hall–Kier alpha value is -1.08. The number of aryl methyl sites for hydroxylation is 1. The number of sulfone groups is 1. The zero-order chi connectivity index (χ0) is 16.3. The van der Waals surface area contributed by atoms with Crippen LogP contribution in [0.25, 0.3) is 0 Å². The van der Waals surface area contributed by atoms with E-state index in [0.29, 0.717) is 12.3 Å². The SMILES string of the molecule is CCCn1ncc(OC)c1C(NCC)C(C)(C)S(C)(=O)=O. The molecule has 0 aromatic carbocycles. The maximum atomic E-state index is 12.2. The van der Waals surface area contributed by atoms with E-state index in [9.17, 15) is 8.42 Å². The van der Waals surface area contributed by atoms with Gasteiger partial charge in [-0.2, -0.15) is 5.10 Å². The van der Waals surface area contributed by atoms with Crippen LogP contribution in [0, 0.1) is 0 Å². The number of rotatable bonds is 8. The Morgan fingerprint density at radius 2 is 2.05 bits per heavy atom. The molecule has 1 heterocycles. The molecular weight excluding hydrogens is 290 g/mol. The van der Waals surface area contributed by atoms with Crippen molar-refractivity contribution in [3.63, 3.8) is 0 Å². The number of hydrogen-bond acceptors (Lipinski definition) is 5. The van der Waals surface area contributed by atoms with Gasteiger partial charge in [0, 0.05) is 12.8 Å². The highest BCUT2D eigenvalue weighted by molar-refractivity contribution is 7.92. The standard InChI is InChI=1S/C14H27N3O3S/c1-7-9-17-12(11(20-5)10-16-17)13(15-8-2)14(3,4)21(6,18)19/h10,13,15H,7-9H2,1-6H3. The van der Waals surface area contributed by atoms with Gasteiger partial charge in [-0.05, 0) is 26.8 Å². The molecule has 0 aliphatic heterocycles. The van der Waals surface area contributed by atoms with E-state index in [1.807, 2.05) is 11.6 Å². The Bertz CT molecular complexity index is 564. The van der Waals surface area contributed by atoms with E-state index >= 15 is 0 Å². The molecule has 0 radical (unpaired) electrons. The smallest absolute Gasteiger partial charge is 0.161 e. The first-order chi connectivity index (χ1) is 9.70. The normalized spacial score (nSPS) is 14.2. The molecule has 0 amide bonds. The lowest BCUT2D eigenvalue weighted by Gasteiger charge is -2.34. The summed E-state index contributed by atoms with van der Waals surface area (Å²) < 4.78 is 30.7. The van der Waals surface area contributed by atoms with Crippen LogP contribution in [0.3, 0.4) is 0 Å². The lowest BCUT2D eigenvalue weighted by molar-refractivity contribution is 0.362. The van der Waals surface area contributed by atoms with Crippen molar-refractivity contribution < 1.29 is 13.2 Å². The van der Waals surface area contributed by atoms with Crippen molar-refractivity contribution in [3.05, 3.63) is 11.9 Å². The van der Waals surface area contributed by atoms with Crippen LogP contribution in [0.1, 0.15) is 45.9 Å². The monoisotopic (exact) mass is 317 g/mol. The van der Waals surface area contributed by atoms with Crippen molar-refractivity contribution in [1.29, 1.82) is 0 Å². The van der Waals surface area contributed by atoms with E-state index in [0.717, 1.165) is 18.7 Å². The van der Waals surface area contributed by atoms with Crippen molar-refractivity contribution >= 4 is 9.84 Å². The highest BCUT2D eigenvalue weighted by Crippen LogP contribution is 2.36. The Balaban J connectivity index is 3.45. The molecule has 0 saturated heterocycles. The molecule has 1 rings (SSSR count). The molecule has 0 spiro atoms. The van der Waals surface area contributed by atoms with Crippen LogP contribution < -0.4 is 10.1 Å². The lowest BCUT2D eigenvalue weighted by Crippen LogP contribution is -2.46. The number of aromatic nitrogens is 2. The van der Waals surface area contributed by atoms with Crippen LogP contribution in [0.4, 0.5) is 0 Å². The largest absolute Gasteiger partial charge is 0.493 e. The van der Waals surface area contributed by atoms with Gasteiger partial charge >= 0.3 is 0 Å². The summed E-state index contributed by atoms with van der Waals surface area (Å²) in [5.74, 6) is 0.617. The van der Waals surface area contributed by atoms with Crippen molar-refractivity contribution in [2.45, 2.75) is 51.4 Å². The lowest BCUT2D eigenvalue weighted by atomic mass is 9.99. The second kappa shape index (κ2) is 6.79. The predicted octanol–water partition coefficient (Wildman–Crippen LogP) is 1.78. The summed E-state index contributed by atoms with van der Waals surface area (Å²) in [5.41, 5.74) is 0.789. The Morgan fingerprint density at radius 3 is 2.48 bits per heavy atom. The number of ether oxygens (including phenoxy) is 1. The molecule has 0 saturated carbocycles. The maximum absolute atomic E-state index is 12.2. The number of methoxy groups -OCH3 is 1. The van der Waals surface area contributed by atoms with Crippen LogP contribution in [-0.4, -0.2) is 42.9 Å². The third-order valence-corrected chi connectivity index (χ3v) is 5.98. The van der Waals surface area contributed by atoms with Gasteiger partial charge in [-0.25, -0.2) is 8.42 Å². The fraction of sp³-hybridized carbons (Fsp3) is 0.786. The average molecular weight is 317 g/mol. The van der Waals surface area contributed by atoms with Crippen LogP contribution in [0.15, 0.2) is 6.20 Å². The van der Waals surface area contributed by atoms with Gasteiger partial charge in [0.15, 0.2) is 15.6 Å². The Kier molecular flexibility index (Phi) is 5.81. The van der Waals surface area contributed by atoms with Gasteiger partial charge in [-0.1, -0.05) is 13.8 Å². The molecule has 21 heavy (non-hydrogen) atoms. The number of nitrogens with zero attached hydrogens (tertiary/aromatic N) is 2. The summed E-state index contributed by atoms with van der Waals surface area (Å²) in [6.45, 7) is 8.86. The summed E-state index contributed by atoms with van der Waals surface area (Å²) in [6.07, 6.45) is 3.83. The van der Waals surface area contributed by atoms with E-state index in [-0.39, 0.29) is 6.04 Å². The third kappa shape index (κ3) is 3.58. The van der Waals surface area contributed by atoms with Gasteiger partial charge in [0.1, 0.15) is 0 Å². The van der Waals surface area contributed by atoms with E-state index in [1.165, 1.54) is 6.26 Å². The van der Waals surface area contributed by atoms with Gasteiger partial charge in [0.2, 0.25) is 0 Å². The molecule has 1 aromatic rings. The zero-order valence-corrected chi connectivity index (χ0v) is 14.6. The molecule has 1 N–H and O–H groups in total. The fourth-order valence-electron chi connectivity index (χ4n) is 2.31. The predicted molar refractivity (Wildman–Crippen MR) is 84.4 cm³/mol. The highest BCUT2D eigenvalue weighted by Gasteiger charge is 2.42. The number of nitrogens with one attached hydrogen (secondary N) is 1. The second-order valence-corrected chi connectivity index (χ2v) is 8.28. The first kappa shape index (κ1) is 18.0. The summed E-state index contributed by atoms with van der Waals surface area (Å²) in [5, 5.41) is 7.62. The molecule has 0 bridgehead atoms. The van der Waals surface area contributed by atoms with Gasteiger partial charge in [0.05, 0.1) is 29.8 Å². The molecule has 1 atom stereocenters. The van der Waals surface area contributed by atoms with Gasteiger partial charge in [-0.15, -0.1) is 0 Å². The third-order valence-electron chi connectivity index (χ3n) is 3.83. The summed E-state index contributed by atoms with van der Waals surface area (Å²) >= 11 is 0. The molecule has 122 valence electrons. The first-order valence-corrected chi connectivity index (χ1v) is 9.12. The van der Waals surface area contributed by atoms with E-state index < -0.39 is 14.6 Å². The first-order valence-electron chi connectivity index (χ1n) is 7.23. The van der Waals surface area contributed by atoms with Crippen molar-refractivity contribution in [2.24, 2.45) is 0 Å². The van der Waals surface area contributed by atoms with E-state index in [4.69, 9.17) is 4.74 Å². The van der Waals surface area contributed by atoms with Crippen molar-refractivity contribution in [3.8, 4) is 5.75 Å². The highest BCUT2D eigenvalue weighted by atomic mass is 32.2. The van der Waals surface area contributed by atoms with Crippen LogP contribution >= 0.6 is 0 Å². The van der Waals surface area contributed by atoms with E-state index in [2.05, 4.69) is 17.3 Å². The maximum Gasteiger partial charge on any atom is 0.161 e. The van der Waals surface area contributed by atoms with Crippen molar-refractivity contribution in [2.75, 3.05) is 19.9 Å². The molecule has 1 aromatic heterocycles. The average Bonchev–Trinajstić information content (AvgIpc) is 2.77. The molecular formula is C14H27N3O3S. The minimum Gasteiger partial charge on any atom is -0.493 e. The Labute approximate surface area is 127 Å². The van der Waals surface area contributed by atoms with Crippen LogP contribution in [-0.2, 0) is 16.4 Å². The Morgan fingerprint density at radius 1 is 1.43 bits per heavy atom. The van der Waals surface area contributed by atoms with E-state index in [1.54, 1.807) is 27.2 Å². The zero-order valence-electron chi connectivity index (χ0n) is 13.8. The molecule has 6 nitrogen and oxygen atoms in total. The summed E-state index contributed by atoms with van der Waals surface area (Å²) in [7, 11) is -1.69.